The Bertz CT molecular complexity index is 643. The molecule has 0 aromatic heterocycles. The van der Waals surface area contributed by atoms with Gasteiger partial charge < -0.3 is 15.3 Å². The second-order valence-electron chi connectivity index (χ2n) is 5.51. The Morgan fingerprint density at radius 3 is 2.64 bits per heavy atom. The maximum Gasteiger partial charge on any atom is 0.256 e. The van der Waals surface area contributed by atoms with Gasteiger partial charge in [0.25, 0.3) is 5.91 Å². The Morgan fingerprint density at radius 2 is 1.86 bits per heavy atom. The summed E-state index contributed by atoms with van der Waals surface area (Å²) in [5.41, 5.74) is 2.39. The second kappa shape index (κ2) is 6.62. The molecule has 1 saturated heterocycles. The fraction of sp³-hybridized carbons (Fsp3) is 0.278. The molecule has 3 rings (SSSR count). The van der Waals surface area contributed by atoms with E-state index >= 15 is 0 Å². The lowest BCUT2D eigenvalue weighted by Gasteiger charge is -2.24. The van der Waals surface area contributed by atoms with Gasteiger partial charge in [-0.3, -0.25) is 4.79 Å². The molecule has 1 unspecified atom stereocenters. The summed E-state index contributed by atoms with van der Waals surface area (Å²) >= 11 is 0. The normalized spacial score (nSPS) is 17.5. The van der Waals surface area contributed by atoms with Crippen molar-refractivity contribution in [2.45, 2.75) is 18.9 Å². The highest BCUT2D eigenvalue weighted by atomic mass is 16.3. The molecule has 4 heteroatoms. The zero-order valence-corrected chi connectivity index (χ0v) is 12.4. The van der Waals surface area contributed by atoms with Crippen molar-refractivity contribution in [3.05, 3.63) is 60.2 Å². The molecule has 1 aliphatic rings. The number of rotatable bonds is 4. The van der Waals surface area contributed by atoms with Crippen LogP contribution in [0.5, 0.6) is 0 Å². The molecule has 4 nitrogen and oxygen atoms in total. The van der Waals surface area contributed by atoms with Crippen LogP contribution in [-0.4, -0.2) is 35.1 Å². The lowest BCUT2D eigenvalue weighted by molar-refractivity contribution is 0.0678. The molecule has 0 bridgehead atoms. The number of benzene rings is 2. The number of carbonyl (C=O) groups excluding carboxylic acids is 1. The van der Waals surface area contributed by atoms with Gasteiger partial charge in [-0.15, -0.1) is 0 Å². The van der Waals surface area contributed by atoms with Gasteiger partial charge in [0.05, 0.1) is 23.9 Å². The van der Waals surface area contributed by atoms with E-state index in [4.69, 9.17) is 0 Å². The van der Waals surface area contributed by atoms with Crippen LogP contribution < -0.4 is 5.32 Å². The average Bonchev–Trinajstić information content (AvgIpc) is 3.04. The van der Waals surface area contributed by atoms with Crippen LogP contribution in [-0.2, 0) is 0 Å². The molecule has 2 N–H and O–H groups in total. The number of hydrogen-bond donors (Lipinski definition) is 2. The minimum Gasteiger partial charge on any atom is -0.394 e. The fourth-order valence-electron chi connectivity index (χ4n) is 2.90. The standard InChI is InChI=1S/C18H20N2O2/c21-13-15-9-6-12-20(15)18(22)16-10-4-5-11-17(16)19-14-7-2-1-3-8-14/h1-5,7-8,10-11,15,19,21H,6,9,12-13H2. The molecule has 2 aromatic rings. The van der Waals surface area contributed by atoms with E-state index in [0.717, 1.165) is 24.2 Å². The maximum absolute atomic E-state index is 12.8. The van der Waals surface area contributed by atoms with Crippen LogP contribution in [0.15, 0.2) is 54.6 Å². The molecule has 1 heterocycles. The van der Waals surface area contributed by atoms with Gasteiger partial charge in [-0.25, -0.2) is 0 Å². The number of para-hydroxylation sites is 2. The third-order valence-electron chi connectivity index (χ3n) is 4.06. The summed E-state index contributed by atoms with van der Waals surface area (Å²) in [5.74, 6) is -0.0180. The number of aliphatic hydroxyl groups excluding tert-OH is 1. The number of amides is 1. The molecule has 22 heavy (non-hydrogen) atoms. The zero-order valence-electron chi connectivity index (χ0n) is 12.4. The van der Waals surface area contributed by atoms with Crippen LogP contribution in [0, 0.1) is 0 Å². The Balaban J connectivity index is 1.86. The Kier molecular flexibility index (Phi) is 4.39. The average molecular weight is 296 g/mol. The van der Waals surface area contributed by atoms with Crippen molar-refractivity contribution in [3.63, 3.8) is 0 Å². The van der Waals surface area contributed by atoms with Gasteiger partial charge in [0.2, 0.25) is 0 Å². The Hall–Kier alpha value is -2.33. The first-order chi connectivity index (χ1) is 10.8. The van der Waals surface area contributed by atoms with Crippen LogP contribution in [0.1, 0.15) is 23.2 Å². The minimum absolute atomic E-state index is 0.0180. The van der Waals surface area contributed by atoms with Crippen LogP contribution in [0.4, 0.5) is 11.4 Å². The molecule has 1 atom stereocenters. The monoisotopic (exact) mass is 296 g/mol. The van der Waals surface area contributed by atoms with Gasteiger partial charge in [-0.1, -0.05) is 30.3 Å². The van der Waals surface area contributed by atoms with E-state index in [1.54, 1.807) is 4.90 Å². The molecule has 0 radical (unpaired) electrons. The molecule has 0 spiro atoms. The number of nitrogens with zero attached hydrogens (tertiary/aromatic N) is 1. The minimum atomic E-state index is -0.0581. The van der Waals surface area contributed by atoms with Crippen molar-refractivity contribution in [1.82, 2.24) is 4.90 Å². The zero-order chi connectivity index (χ0) is 15.4. The molecule has 1 aliphatic heterocycles. The Morgan fingerprint density at radius 1 is 1.14 bits per heavy atom. The number of carbonyl (C=O) groups is 1. The summed E-state index contributed by atoms with van der Waals surface area (Å²) in [6.07, 6.45) is 1.82. The molecule has 0 saturated carbocycles. The van der Waals surface area contributed by atoms with Crippen molar-refractivity contribution in [2.75, 3.05) is 18.5 Å². The predicted molar refractivity (Wildman–Crippen MR) is 87.3 cm³/mol. The molecular formula is C18H20N2O2. The van der Waals surface area contributed by atoms with E-state index in [9.17, 15) is 9.90 Å². The largest absolute Gasteiger partial charge is 0.394 e. The van der Waals surface area contributed by atoms with E-state index in [-0.39, 0.29) is 18.6 Å². The molecule has 2 aromatic carbocycles. The van der Waals surface area contributed by atoms with Gasteiger partial charge in [0, 0.05) is 12.2 Å². The predicted octanol–water partition coefficient (Wildman–Crippen LogP) is 3.03. The van der Waals surface area contributed by atoms with Gasteiger partial charge in [0.1, 0.15) is 0 Å². The number of anilines is 2. The van der Waals surface area contributed by atoms with Crippen LogP contribution in [0.3, 0.4) is 0 Å². The van der Waals surface area contributed by atoms with Crippen molar-refractivity contribution in [3.8, 4) is 0 Å². The summed E-state index contributed by atoms with van der Waals surface area (Å²) in [5, 5.41) is 12.7. The topological polar surface area (TPSA) is 52.6 Å². The molecular weight excluding hydrogens is 276 g/mol. The van der Waals surface area contributed by atoms with E-state index in [1.165, 1.54) is 0 Å². The summed E-state index contributed by atoms with van der Waals surface area (Å²) < 4.78 is 0. The van der Waals surface area contributed by atoms with Crippen LogP contribution in [0.25, 0.3) is 0 Å². The van der Waals surface area contributed by atoms with Crippen molar-refractivity contribution < 1.29 is 9.90 Å². The van der Waals surface area contributed by atoms with E-state index in [2.05, 4.69) is 5.32 Å². The quantitative estimate of drug-likeness (QED) is 0.912. The summed E-state index contributed by atoms with van der Waals surface area (Å²) in [6, 6.07) is 17.3. The maximum atomic E-state index is 12.8. The number of aliphatic hydroxyl groups is 1. The second-order valence-corrected chi connectivity index (χ2v) is 5.51. The third-order valence-corrected chi connectivity index (χ3v) is 4.06. The lowest BCUT2D eigenvalue weighted by atomic mass is 10.1. The highest BCUT2D eigenvalue weighted by molar-refractivity contribution is 6.00. The van der Waals surface area contributed by atoms with Gasteiger partial charge in [-0.2, -0.15) is 0 Å². The van der Waals surface area contributed by atoms with E-state index < -0.39 is 0 Å². The number of likely N-dealkylation sites (tertiary alicyclic amines) is 1. The smallest absolute Gasteiger partial charge is 0.256 e. The van der Waals surface area contributed by atoms with E-state index in [0.29, 0.717) is 12.1 Å². The summed E-state index contributed by atoms with van der Waals surface area (Å²) in [7, 11) is 0. The van der Waals surface area contributed by atoms with Gasteiger partial charge in [-0.05, 0) is 37.1 Å². The third kappa shape index (κ3) is 2.97. The SMILES string of the molecule is O=C(c1ccccc1Nc1ccccc1)N1CCCC1CO. The van der Waals surface area contributed by atoms with Gasteiger partial charge >= 0.3 is 0 Å². The molecule has 114 valence electrons. The lowest BCUT2D eigenvalue weighted by Crippen LogP contribution is -2.37. The number of nitrogens with one attached hydrogen (secondary N) is 1. The first-order valence-electron chi connectivity index (χ1n) is 7.62. The summed E-state index contributed by atoms with van der Waals surface area (Å²) in [4.78, 5) is 14.6. The first kappa shape index (κ1) is 14.6. The highest BCUT2D eigenvalue weighted by Gasteiger charge is 2.29. The van der Waals surface area contributed by atoms with Crippen LogP contribution in [0.2, 0.25) is 0 Å². The molecule has 1 fully saturated rings. The molecule has 1 amide bonds. The van der Waals surface area contributed by atoms with E-state index in [1.807, 2.05) is 54.6 Å². The van der Waals surface area contributed by atoms with Crippen molar-refractivity contribution in [1.29, 1.82) is 0 Å². The highest BCUT2D eigenvalue weighted by Crippen LogP contribution is 2.25. The molecule has 0 aliphatic carbocycles. The first-order valence-corrected chi connectivity index (χ1v) is 7.62. The number of hydrogen-bond acceptors (Lipinski definition) is 3. The summed E-state index contributed by atoms with van der Waals surface area (Å²) in [6.45, 7) is 0.740. The van der Waals surface area contributed by atoms with Gasteiger partial charge in [0.15, 0.2) is 0 Å². The van der Waals surface area contributed by atoms with Crippen LogP contribution >= 0.6 is 0 Å². The fourth-order valence-corrected chi connectivity index (χ4v) is 2.90. The van der Waals surface area contributed by atoms with Crippen molar-refractivity contribution >= 4 is 17.3 Å². The van der Waals surface area contributed by atoms with Crippen molar-refractivity contribution in [2.24, 2.45) is 0 Å². The Labute approximate surface area is 130 Å².